The summed E-state index contributed by atoms with van der Waals surface area (Å²) in [6.45, 7) is 4.33. The first kappa shape index (κ1) is 20.4. The molecule has 0 saturated heterocycles. The number of hydrogen-bond acceptors (Lipinski definition) is 2. The molecule has 0 bridgehead atoms. The van der Waals surface area contributed by atoms with Gasteiger partial charge in [0.25, 0.3) is 0 Å². The fourth-order valence-corrected chi connectivity index (χ4v) is 3.05. The molecule has 8 heteroatoms. The van der Waals surface area contributed by atoms with E-state index in [1.807, 2.05) is 36.0 Å². The average molecular weight is 402 g/mol. The maximum Gasteiger partial charge on any atom is 0.412 e. The van der Waals surface area contributed by atoms with Crippen molar-refractivity contribution >= 4 is 11.7 Å². The number of alkyl halides is 3. The molecule has 0 aliphatic heterocycles. The zero-order chi connectivity index (χ0) is 21.0. The number of nitrogens with one attached hydrogen (secondary N) is 2. The maximum atomic E-state index is 13.4. The van der Waals surface area contributed by atoms with Crippen LogP contribution in [0, 0.1) is 13.8 Å². The summed E-state index contributed by atoms with van der Waals surface area (Å²) in [5.41, 5.74) is 3.12. The van der Waals surface area contributed by atoms with Gasteiger partial charge >= 0.3 is 12.2 Å². The van der Waals surface area contributed by atoms with E-state index in [4.69, 9.17) is 0 Å². The van der Waals surface area contributed by atoms with Crippen molar-refractivity contribution in [1.29, 1.82) is 0 Å². The number of halogens is 3. The first-order valence-electron chi connectivity index (χ1n) is 9.01. The van der Waals surface area contributed by atoms with Crippen LogP contribution >= 0.6 is 0 Å². The van der Waals surface area contributed by atoms with Crippen LogP contribution in [-0.4, -0.2) is 22.0 Å². The Balaban J connectivity index is 1.70. The second-order valence-corrected chi connectivity index (χ2v) is 6.77. The molecule has 29 heavy (non-hydrogen) atoms. The van der Waals surface area contributed by atoms with Gasteiger partial charge < -0.3 is 10.6 Å². The largest absolute Gasteiger partial charge is 0.412 e. The highest BCUT2D eigenvalue weighted by Crippen LogP contribution is 2.32. The number of carbonyl (C=O) groups excluding carboxylic acids is 1. The van der Waals surface area contributed by atoms with E-state index >= 15 is 0 Å². The molecule has 1 atom stereocenters. The van der Waals surface area contributed by atoms with Gasteiger partial charge in [-0.3, -0.25) is 4.68 Å². The molecule has 1 aromatic heterocycles. The summed E-state index contributed by atoms with van der Waals surface area (Å²) in [4.78, 5) is 12.2. The van der Waals surface area contributed by atoms with Crippen molar-refractivity contribution < 1.29 is 18.0 Å². The molecule has 0 radical (unpaired) electrons. The molecule has 0 fully saturated rings. The standard InChI is InChI=1S/C21H21F3N4O/c1-14-11-15(2)28(27-14)13-16-7-6-10-18(12-16)25-20(29)26-19(21(22,23)24)17-8-4-3-5-9-17/h3-12,19H,13H2,1-2H3,(H2,25,26,29). The normalized spacial score (nSPS) is 12.4. The lowest BCUT2D eigenvalue weighted by molar-refractivity contribution is -0.154. The number of aryl methyl sites for hydroxylation is 2. The van der Waals surface area contributed by atoms with Crippen LogP contribution in [0.5, 0.6) is 0 Å². The Hall–Kier alpha value is -3.29. The van der Waals surface area contributed by atoms with Crippen molar-refractivity contribution in [2.75, 3.05) is 5.32 Å². The molecule has 1 heterocycles. The third-order valence-corrected chi connectivity index (χ3v) is 4.36. The molecule has 0 saturated carbocycles. The average Bonchev–Trinajstić information content (AvgIpc) is 2.97. The third kappa shape index (κ3) is 5.37. The highest BCUT2D eigenvalue weighted by atomic mass is 19.4. The van der Waals surface area contributed by atoms with Gasteiger partial charge in [0.2, 0.25) is 0 Å². The minimum Gasteiger partial charge on any atom is -0.322 e. The number of hydrogen-bond donors (Lipinski definition) is 2. The zero-order valence-electron chi connectivity index (χ0n) is 16.0. The number of amides is 2. The molecule has 5 nitrogen and oxygen atoms in total. The van der Waals surface area contributed by atoms with Crippen LogP contribution in [0.4, 0.5) is 23.7 Å². The van der Waals surface area contributed by atoms with Gasteiger partial charge in [-0.1, -0.05) is 42.5 Å². The first-order valence-corrected chi connectivity index (χ1v) is 9.01. The molecule has 3 aromatic rings. The van der Waals surface area contributed by atoms with E-state index in [0.29, 0.717) is 12.2 Å². The number of aromatic nitrogens is 2. The van der Waals surface area contributed by atoms with Gasteiger partial charge in [-0.25, -0.2) is 4.79 Å². The SMILES string of the molecule is Cc1cc(C)n(Cc2cccc(NC(=O)NC(c3ccccc3)C(F)(F)F)c2)n1. The van der Waals surface area contributed by atoms with Gasteiger partial charge in [0.1, 0.15) is 0 Å². The molecule has 0 aliphatic carbocycles. The van der Waals surface area contributed by atoms with E-state index in [0.717, 1.165) is 17.0 Å². The third-order valence-electron chi connectivity index (χ3n) is 4.36. The van der Waals surface area contributed by atoms with Gasteiger partial charge in [0.05, 0.1) is 12.2 Å². The predicted octanol–water partition coefficient (Wildman–Crippen LogP) is 4.97. The van der Waals surface area contributed by atoms with Gasteiger partial charge in [0, 0.05) is 11.4 Å². The number of rotatable bonds is 5. The van der Waals surface area contributed by atoms with E-state index in [2.05, 4.69) is 10.4 Å². The Bertz CT molecular complexity index is 983. The van der Waals surface area contributed by atoms with Gasteiger partial charge in [-0.05, 0) is 43.2 Å². The van der Waals surface area contributed by atoms with Crippen molar-refractivity contribution in [1.82, 2.24) is 15.1 Å². The highest BCUT2D eigenvalue weighted by Gasteiger charge is 2.41. The van der Waals surface area contributed by atoms with Crippen LogP contribution in [0.25, 0.3) is 0 Å². The highest BCUT2D eigenvalue weighted by molar-refractivity contribution is 5.89. The molecule has 0 aliphatic rings. The van der Waals surface area contributed by atoms with E-state index in [1.54, 1.807) is 24.3 Å². The van der Waals surface area contributed by atoms with Crippen LogP contribution in [-0.2, 0) is 6.54 Å². The fourth-order valence-electron chi connectivity index (χ4n) is 3.05. The minimum atomic E-state index is -4.62. The lowest BCUT2D eigenvalue weighted by Gasteiger charge is -2.22. The lowest BCUT2D eigenvalue weighted by Crippen LogP contribution is -2.40. The monoisotopic (exact) mass is 402 g/mol. The van der Waals surface area contributed by atoms with E-state index in [1.165, 1.54) is 24.3 Å². The summed E-state index contributed by atoms with van der Waals surface area (Å²) >= 11 is 0. The van der Waals surface area contributed by atoms with E-state index < -0.39 is 18.2 Å². The first-order chi connectivity index (χ1) is 13.7. The smallest absolute Gasteiger partial charge is 0.322 e. The van der Waals surface area contributed by atoms with Crippen LogP contribution in [0.1, 0.15) is 28.6 Å². The molecule has 2 N–H and O–H groups in total. The Kier molecular flexibility index (Phi) is 5.91. The Morgan fingerprint density at radius 2 is 1.79 bits per heavy atom. The molecular weight excluding hydrogens is 381 g/mol. The molecule has 1 unspecified atom stereocenters. The Morgan fingerprint density at radius 1 is 1.07 bits per heavy atom. The molecule has 152 valence electrons. The number of urea groups is 1. The topological polar surface area (TPSA) is 59.0 Å². The quantitative estimate of drug-likeness (QED) is 0.633. The van der Waals surface area contributed by atoms with E-state index in [9.17, 15) is 18.0 Å². The molecule has 0 spiro atoms. The second-order valence-electron chi connectivity index (χ2n) is 6.77. The zero-order valence-corrected chi connectivity index (χ0v) is 16.0. The predicted molar refractivity (Wildman–Crippen MR) is 105 cm³/mol. The fraction of sp³-hybridized carbons (Fsp3) is 0.238. The molecule has 3 rings (SSSR count). The van der Waals surface area contributed by atoms with Crippen molar-refractivity contribution in [3.8, 4) is 0 Å². The van der Waals surface area contributed by atoms with Crippen molar-refractivity contribution in [2.45, 2.75) is 32.6 Å². The maximum absolute atomic E-state index is 13.4. The van der Waals surface area contributed by atoms with Gasteiger partial charge in [-0.15, -0.1) is 0 Å². The van der Waals surface area contributed by atoms with Crippen molar-refractivity contribution in [3.05, 3.63) is 83.2 Å². The summed E-state index contributed by atoms with van der Waals surface area (Å²) in [6.07, 6.45) is -4.62. The van der Waals surface area contributed by atoms with E-state index in [-0.39, 0.29) is 5.56 Å². The summed E-state index contributed by atoms with van der Waals surface area (Å²) < 4.78 is 42.0. The van der Waals surface area contributed by atoms with Crippen LogP contribution in [0.2, 0.25) is 0 Å². The molecular formula is C21H21F3N4O. The minimum absolute atomic E-state index is 0.0339. The number of nitrogens with zero attached hydrogens (tertiary/aromatic N) is 2. The number of carbonyl (C=O) groups is 1. The number of anilines is 1. The lowest BCUT2D eigenvalue weighted by atomic mass is 10.1. The Morgan fingerprint density at radius 3 is 2.41 bits per heavy atom. The van der Waals surface area contributed by atoms with Gasteiger partial charge in [0.15, 0.2) is 6.04 Å². The summed E-state index contributed by atoms with van der Waals surface area (Å²) in [5, 5.41) is 8.88. The van der Waals surface area contributed by atoms with Crippen molar-refractivity contribution in [2.24, 2.45) is 0 Å². The summed E-state index contributed by atoms with van der Waals surface area (Å²) in [7, 11) is 0. The second kappa shape index (κ2) is 8.38. The van der Waals surface area contributed by atoms with Crippen LogP contribution < -0.4 is 10.6 Å². The summed E-state index contributed by atoms with van der Waals surface area (Å²) in [5.74, 6) is 0. The Labute approximate surface area is 166 Å². The molecule has 2 aromatic carbocycles. The number of benzene rings is 2. The van der Waals surface area contributed by atoms with Crippen LogP contribution in [0.3, 0.4) is 0 Å². The molecule has 2 amide bonds. The summed E-state index contributed by atoms with van der Waals surface area (Å²) in [6, 6.07) is 13.1. The van der Waals surface area contributed by atoms with Crippen molar-refractivity contribution in [3.63, 3.8) is 0 Å². The van der Waals surface area contributed by atoms with Gasteiger partial charge in [-0.2, -0.15) is 18.3 Å². The van der Waals surface area contributed by atoms with Crippen LogP contribution in [0.15, 0.2) is 60.7 Å².